The number of hydrogen-bond acceptors (Lipinski definition) is 4. The summed E-state index contributed by atoms with van der Waals surface area (Å²) in [6.45, 7) is 6.34. The maximum absolute atomic E-state index is 14.5. The van der Waals surface area contributed by atoms with Gasteiger partial charge >= 0.3 is 5.97 Å². The zero-order chi connectivity index (χ0) is 18.6. The lowest BCUT2D eigenvalue weighted by Crippen LogP contribution is -2.31. The molecule has 1 aromatic rings. The number of nitrogen functional groups attached to an aromatic ring is 1. The highest BCUT2D eigenvalue weighted by atomic mass is 35.5. The predicted octanol–water partition coefficient (Wildman–Crippen LogP) is 4.61. The van der Waals surface area contributed by atoms with Crippen molar-refractivity contribution in [1.82, 2.24) is 4.90 Å². The molecule has 0 aliphatic carbocycles. The lowest BCUT2D eigenvalue weighted by Gasteiger charge is -2.36. The summed E-state index contributed by atoms with van der Waals surface area (Å²) in [5.41, 5.74) is 7.77. The second-order valence-corrected chi connectivity index (χ2v) is 6.51. The zero-order valence-corrected chi connectivity index (χ0v) is 15.4. The van der Waals surface area contributed by atoms with E-state index in [2.05, 4.69) is 6.58 Å². The van der Waals surface area contributed by atoms with Gasteiger partial charge in [-0.1, -0.05) is 31.5 Å². The summed E-state index contributed by atoms with van der Waals surface area (Å²) in [6, 6.07) is 3.09. The largest absolute Gasteiger partial charge is 0.466 e. The molecule has 1 saturated heterocycles. The number of piperidine rings is 1. The molecule has 6 heteroatoms. The molecule has 0 bridgehead atoms. The SMILES string of the molecule is C=CN1CC(c2c(Cl)ccc(N)c2F)CC/C1=C(/CCC)C(=O)OC. The van der Waals surface area contributed by atoms with Crippen molar-refractivity contribution in [3.05, 3.63) is 52.6 Å². The number of methoxy groups -OCH3 is 1. The van der Waals surface area contributed by atoms with E-state index in [-0.39, 0.29) is 17.6 Å². The third-order valence-electron chi connectivity index (χ3n) is 4.56. The number of ether oxygens (including phenoxy) is 1. The fraction of sp³-hybridized carbons (Fsp3) is 0.421. The van der Waals surface area contributed by atoms with Gasteiger partial charge in [-0.2, -0.15) is 0 Å². The highest BCUT2D eigenvalue weighted by Gasteiger charge is 2.30. The van der Waals surface area contributed by atoms with Gasteiger partial charge < -0.3 is 15.4 Å². The first kappa shape index (κ1) is 19.3. The van der Waals surface area contributed by atoms with Crippen LogP contribution in [-0.2, 0) is 9.53 Å². The Kier molecular flexibility index (Phi) is 6.48. The van der Waals surface area contributed by atoms with Crippen LogP contribution in [0.3, 0.4) is 0 Å². The number of allylic oxidation sites excluding steroid dienone is 1. The number of rotatable bonds is 5. The Morgan fingerprint density at radius 1 is 1.56 bits per heavy atom. The van der Waals surface area contributed by atoms with Crippen molar-refractivity contribution in [1.29, 1.82) is 0 Å². The maximum Gasteiger partial charge on any atom is 0.335 e. The summed E-state index contributed by atoms with van der Waals surface area (Å²) in [7, 11) is 1.38. The summed E-state index contributed by atoms with van der Waals surface area (Å²) < 4.78 is 19.4. The molecule has 136 valence electrons. The molecule has 1 aliphatic rings. The number of carbonyl (C=O) groups excluding carboxylic acids is 1. The van der Waals surface area contributed by atoms with Crippen LogP contribution < -0.4 is 5.73 Å². The van der Waals surface area contributed by atoms with Crippen molar-refractivity contribution in [2.24, 2.45) is 0 Å². The van der Waals surface area contributed by atoms with Gasteiger partial charge in [0, 0.05) is 28.7 Å². The number of benzene rings is 1. The van der Waals surface area contributed by atoms with Crippen LogP contribution in [-0.4, -0.2) is 24.5 Å². The third kappa shape index (κ3) is 3.98. The van der Waals surface area contributed by atoms with Gasteiger partial charge in [0.15, 0.2) is 5.82 Å². The van der Waals surface area contributed by atoms with Gasteiger partial charge in [0.05, 0.1) is 18.4 Å². The first-order valence-corrected chi connectivity index (χ1v) is 8.75. The predicted molar refractivity (Wildman–Crippen MR) is 98.7 cm³/mol. The number of anilines is 1. The summed E-state index contributed by atoms with van der Waals surface area (Å²) in [6.07, 6.45) is 4.41. The first-order chi connectivity index (χ1) is 11.9. The van der Waals surface area contributed by atoms with Gasteiger partial charge in [-0.15, -0.1) is 0 Å². The fourth-order valence-corrected chi connectivity index (χ4v) is 3.64. The standard InChI is InChI=1S/C19H24ClFN2O2/c1-4-6-13(19(24)25-3)16-10-7-12(11-23(16)5-2)17-14(20)8-9-15(22)18(17)21/h5,8-9,12H,2,4,6-7,10-11,22H2,1,3H3/b16-13+. The Balaban J connectivity index is 2.38. The highest BCUT2D eigenvalue weighted by molar-refractivity contribution is 6.31. The van der Waals surface area contributed by atoms with Crippen LogP contribution in [0.15, 0.2) is 36.2 Å². The third-order valence-corrected chi connectivity index (χ3v) is 4.89. The number of nitrogens with two attached hydrogens (primary N) is 1. The normalized spacial score (nSPS) is 19.5. The molecular weight excluding hydrogens is 343 g/mol. The number of esters is 1. The smallest absolute Gasteiger partial charge is 0.335 e. The van der Waals surface area contributed by atoms with E-state index in [0.717, 1.165) is 12.1 Å². The van der Waals surface area contributed by atoms with Crippen LogP contribution in [0.4, 0.5) is 10.1 Å². The Bertz CT molecular complexity index is 703. The molecule has 0 spiro atoms. The van der Waals surface area contributed by atoms with E-state index < -0.39 is 5.82 Å². The van der Waals surface area contributed by atoms with Crippen LogP contribution >= 0.6 is 11.6 Å². The van der Waals surface area contributed by atoms with Crippen molar-refractivity contribution in [2.75, 3.05) is 19.4 Å². The van der Waals surface area contributed by atoms with E-state index >= 15 is 0 Å². The minimum absolute atomic E-state index is 0.0899. The van der Waals surface area contributed by atoms with Crippen molar-refractivity contribution >= 4 is 23.3 Å². The second-order valence-electron chi connectivity index (χ2n) is 6.10. The maximum atomic E-state index is 14.5. The van der Waals surface area contributed by atoms with Crippen molar-refractivity contribution in [3.8, 4) is 0 Å². The van der Waals surface area contributed by atoms with Crippen LogP contribution in [0, 0.1) is 5.82 Å². The molecule has 1 fully saturated rings. The van der Waals surface area contributed by atoms with Gasteiger partial charge in [-0.05, 0) is 37.6 Å². The van der Waals surface area contributed by atoms with Crippen molar-refractivity contribution in [3.63, 3.8) is 0 Å². The average Bonchev–Trinajstić information content (AvgIpc) is 2.62. The molecule has 0 saturated carbocycles. The van der Waals surface area contributed by atoms with Gasteiger partial charge in [-0.25, -0.2) is 9.18 Å². The van der Waals surface area contributed by atoms with Gasteiger partial charge in [0.2, 0.25) is 0 Å². The minimum atomic E-state index is -0.462. The van der Waals surface area contributed by atoms with E-state index in [1.165, 1.54) is 13.2 Å². The Hall–Kier alpha value is -2.01. The lowest BCUT2D eigenvalue weighted by molar-refractivity contribution is -0.136. The number of hydrogen-bond donors (Lipinski definition) is 1. The monoisotopic (exact) mass is 366 g/mol. The van der Waals surface area contributed by atoms with E-state index in [0.29, 0.717) is 42.0 Å². The first-order valence-electron chi connectivity index (χ1n) is 8.37. The number of carbonyl (C=O) groups is 1. The van der Waals surface area contributed by atoms with E-state index in [1.54, 1.807) is 12.3 Å². The number of halogens is 2. The lowest BCUT2D eigenvalue weighted by atomic mass is 9.87. The quantitative estimate of drug-likeness (QED) is 0.469. The Labute approximate surface area is 153 Å². The van der Waals surface area contributed by atoms with Crippen molar-refractivity contribution < 1.29 is 13.9 Å². The zero-order valence-electron chi connectivity index (χ0n) is 14.6. The molecular formula is C19H24ClFN2O2. The second kappa shape index (κ2) is 8.39. The molecule has 0 aromatic heterocycles. The molecule has 1 atom stereocenters. The molecule has 1 unspecified atom stereocenters. The van der Waals surface area contributed by atoms with Crippen LogP contribution in [0.2, 0.25) is 5.02 Å². The van der Waals surface area contributed by atoms with E-state index in [4.69, 9.17) is 22.1 Å². The molecule has 0 amide bonds. The fourth-order valence-electron chi connectivity index (χ4n) is 3.34. The Morgan fingerprint density at radius 3 is 2.88 bits per heavy atom. The molecule has 1 heterocycles. The molecule has 4 nitrogen and oxygen atoms in total. The summed E-state index contributed by atoms with van der Waals surface area (Å²) in [5.74, 6) is -0.913. The van der Waals surface area contributed by atoms with Crippen LogP contribution in [0.1, 0.15) is 44.1 Å². The van der Waals surface area contributed by atoms with Gasteiger partial charge in [0.25, 0.3) is 0 Å². The molecule has 2 rings (SSSR count). The van der Waals surface area contributed by atoms with E-state index in [9.17, 15) is 9.18 Å². The minimum Gasteiger partial charge on any atom is -0.466 e. The van der Waals surface area contributed by atoms with Gasteiger partial charge in [-0.3, -0.25) is 0 Å². The summed E-state index contributed by atoms with van der Waals surface area (Å²) >= 11 is 6.22. The average molecular weight is 367 g/mol. The highest BCUT2D eigenvalue weighted by Crippen LogP contribution is 2.39. The topological polar surface area (TPSA) is 55.6 Å². The van der Waals surface area contributed by atoms with E-state index in [1.807, 2.05) is 11.8 Å². The molecule has 2 N–H and O–H groups in total. The summed E-state index contributed by atoms with van der Waals surface area (Å²) in [5, 5.41) is 0.370. The van der Waals surface area contributed by atoms with Crippen molar-refractivity contribution in [2.45, 2.75) is 38.5 Å². The van der Waals surface area contributed by atoms with Crippen LogP contribution in [0.25, 0.3) is 0 Å². The van der Waals surface area contributed by atoms with Crippen LogP contribution in [0.5, 0.6) is 0 Å². The summed E-state index contributed by atoms with van der Waals surface area (Å²) in [4.78, 5) is 14.0. The molecule has 1 aliphatic heterocycles. The number of nitrogens with zero attached hydrogens (tertiary/aromatic N) is 1. The van der Waals surface area contributed by atoms with Gasteiger partial charge in [0.1, 0.15) is 0 Å². The number of likely N-dealkylation sites (tertiary alicyclic amines) is 1. The molecule has 0 radical (unpaired) electrons. The Morgan fingerprint density at radius 2 is 2.28 bits per heavy atom. The molecule has 1 aromatic carbocycles. The molecule has 25 heavy (non-hydrogen) atoms.